The number of Topliss-reactive ketones (excluding diaryl/α,β-unsaturated/α-hetero) is 1. The number of carbonyl (C=O) groups excluding carboxylic acids is 1. The number of hydrogen-bond acceptors (Lipinski definition) is 4. The van der Waals surface area contributed by atoms with Crippen molar-refractivity contribution in [3.05, 3.63) is 65.9 Å². The van der Waals surface area contributed by atoms with E-state index < -0.39 is 0 Å². The highest BCUT2D eigenvalue weighted by atomic mass is 32.1. The van der Waals surface area contributed by atoms with E-state index in [1.807, 2.05) is 44.3 Å². The Morgan fingerprint density at radius 2 is 1.54 bits per heavy atom. The van der Waals surface area contributed by atoms with Crippen LogP contribution in [-0.4, -0.2) is 24.0 Å². The van der Waals surface area contributed by atoms with Crippen LogP contribution >= 0.6 is 11.3 Å². The van der Waals surface area contributed by atoms with Crippen LogP contribution in [0.15, 0.2) is 54.7 Å². The molecule has 0 radical (unpaired) electrons. The van der Waals surface area contributed by atoms with E-state index in [1.165, 1.54) is 5.56 Å². The topological polar surface area (TPSA) is 39.2 Å². The average molecular weight is 368 g/mol. The highest BCUT2D eigenvalue weighted by Crippen LogP contribution is 2.32. The van der Waals surface area contributed by atoms with Gasteiger partial charge in [-0.25, -0.2) is 4.98 Å². The van der Waals surface area contributed by atoms with Gasteiger partial charge >= 0.3 is 0 Å². The lowest BCUT2D eigenvalue weighted by Gasteiger charge is -1.99. The summed E-state index contributed by atoms with van der Waals surface area (Å²) in [5.74, 6) is 0.0891. The summed E-state index contributed by atoms with van der Waals surface area (Å²) in [7, 11) is 0. The summed E-state index contributed by atoms with van der Waals surface area (Å²) in [6.07, 6.45) is 1.89. The van der Waals surface area contributed by atoms with Crippen molar-refractivity contribution in [1.29, 1.82) is 0 Å². The summed E-state index contributed by atoms with van der Waals surface area (Å²) in [6.45, 7) is 9.32. The number of thiazole rings is 1. The Morgan fingerprint density at radius 3 is 2.04 bits per heavy atom. The fourth-order valence-corrected chi connectivity index (χ4v) is 3.24. The molecule has 0 unspecified atom stereocenters. The van der Waals surface area contributed by atoms with Crippen molar-refractivity contribution in [2.24, 2.45) is 0 Å². The molecule has 3 nitrogen and oxygen atoms in total. The molecule has 3 aromatic rings. The van der Waals surface area contributed by atoms with Crippen LogP contribution in [0.2, 0.25) is 0 Å². The van der Waals surface area contributed by atoms with Gasteiger partial charge in [0.1, 0.15) is 5.01 Å². The lowest BCUT2D eigenvalue weighted by molar-refractivity contribution is 0.101. The molecular weight excluding hydrogens is 342 g/mol. The lowest BCUT2D eigenvalue weighted by Crippen LogP contribution is -1.90. The normalized spacial score (nSPS) is 10.2. The van der Waals surface area contributed by atoms with Gasteiger partial charge in [-0.1, -0.05) is 54.1 Å². The first-order chi connectivity index (χ1) is 12.5. The van der Waals surface area contributed by atoms with Crippen LogP contribution in [0.4, 0.5) is 0 Å². The molecule has 1 aromatic heterocycles. The van der Waals surface area contributed by atoms with E-state index in [-0.39, 0.29) is 5.78 Å². The summed E-state index contributed by atoms with van der Waals surface area (Å²) in [4.78, 5) is 16.9. The minimum atomic E-state index is 0.0891. The van der Waals surface area contributed by atoms with E-state index in [9.17, 15) is 4.79 Å². The first-order valence-corrected chi connectivity index (χ1v) is 9.58. The SMILES string of the molecule is CC(=O)c1ccc(-c2cnc(-c3ccc(C)cc3)s2)cc1.CCOCC. The minimum Gasteiger partial charge on any atom is -0.382 e. The zero-order valence-electron chi connectivity index (χ0n) is 15.8. The Kier molecular flexibility index (Phi) is 7.70. The van der Waals surface area contributed by atoms with Crippen molar-refractivity contribution >= 4 is 17.1 Å². The number of rotatable bonds is 5. The maximum absolute atomic E-state index is 11.3. The van der Waals surface area contributed by atoms with Crippen LogP contribution in [0, 0.1) is 6.92 Å². The summed E-state index contributed by atoms with van der Waals surface area (Å²) >= 11 is 1.66. The van der Waals surface area contributed by atoms with Gasteiger partial charge < -0.3 is 4.74 Å². The molecule has 136 valence electrons. The molecule has 1 heterocycles. The van der Waals surface area contributed by atoms with Gasteiger partial charge in [-0.2, -0.15) is 0 Å². The molecule has 0 fully saturated rings. The smallest absolute Gasteiger partial charge is 0.159 e. The molecule has 0 atom stereocenters. The second-order valence-electron chi connectivity index (χ2n) is 5.81. The van der Waals surface area contributed by atoms with Crippen LogP contribution < -0.4 is 0 Å². The van der Waals surface area contributed by atoms with Crippen molar-refractivity contribution in [3.8, 4) is 21.0 Å². The largest absolute Gasteiger partial charge is 0.382 e. The van der Waals surface area contributed by atoms with E-state index in [0.717, 1.165) is 39.8 Å². The van der Waals surface area contributed by atoms with Crippen LogP contribution in [0.1, 0.15) is 36.7 Å². The van der Waals surface area contributed by atoms with Crippen molar-refractivity contribution < 1.29 is 9.53 Å². The molecule has 2 aromatic carbocycles. The Bertz CT molecular complexity index is 818. The Morgan fingerprint density at radius 1 is 0.962 bits per heavy atom. The van der Waals surface area contributed by atoms with E-state index >= 15 is 0 Å². The predicted octanol–water partition coefficient (Wildman–Crippen LogP) is 6.03. The third-order valence-electron chi connectivity index (χ3n) is 3.79. The molecule has 0 saturated heterocycles. The van der Waals surface area contributed by atoms with Gasteiger partial charge in [0.05, 0.1) is 4.88 Å². The average Bonchev–Trinajstić information content (AvgIpc) is 3.14. The Balaban J connectivity index is 0.000000431. The van der Waals surface area contributed by atoms with Crippen molar-refractivity contribution in [3.63, 3.8) is 0 Å². The number of aryl methyl sites for hydroxylation is 1. The number of benzene rings is 2. The molecule has 0 amide bonds. The van der Waals surface area contributed by atoms with Crippen LogP contribution in [-0.2, 0) is 4.74 Å². The third-order valence-corrected chi connectivity index (χ3v) is 4.88. The minimum absolute atomic E-state index is 0.0891. The molecule has 0 aliphatic carbocycles. The van der Waals surface area contributed by atoms with Gasteiger partial charge in [0.15, 0.2) is 5.78 Å². The number of ether oxygens (including phenoxy) is 1. The second kappa shape index (κ2) is 10.00. The van der Waals surface area contributed by atoms with Crippen molar-refractivity contribution in [2.75, 3.05) is 13.2 Å². The molecule has 26 heavy (non-hydrogen) atoms. The quantitative estimate of drug-likeness (QED) is 0.517. The first-order valence-electron chi connectivity index (χ1n) is 8.77. The van der Waals surface area contributed by atoms with E-state index in [2.05, 4.69) is 36.2 Å². The maximum atomic E-state index is 11.3. The maximum Gasteiger partial charge on any atom is 0.159 e. The van der Waals surface area contributed by atoms with Crippen molar-refractivity contribution in [1.82, 2.24) is 4.98 Å². The number of ketones is 1. The Hall–Kier alpha value is -2.30. The predicted molar refractivity (Wildman–Crippen MR) is 110 cm³/mol. The van der Waals surface area contributed by atoms with E-state index in [0.29, 0.717) is 0 Å². The number of hydrogen-bond donors (Lipinski definition) is 0. The second-order valence-corrected chi connectivity index (χ2v) is 6.84. The molecule has 0 spiro atoms. The molecule has 3 rings (SSSR count). The standard InChI is InChI=1S/C18H15NOS.C4H10O/c1-12-3-5-16(6-4-12)18-19-11-17(21-18)15-9-7-14(8-10-15)13(2)20;1-3-5-4-2/h3-11H,1-2H3;3-4H2,1-2H3. The zero-order chi connectivity index (χ0) is 18.9. The van der Waals surface area contributed by atoms with Gasteiger partial charge in [0, 0.05) is 30.5 Å². The number of nitrogens with zero attached hydrogens (tertiary/aromatic N) is 1. The molecule has 0 bridgehead atoms. The monoisotopic (exact) mass is 367 g/mol. The number of carbonyl (C=O) groups is 1. The molecule has 0 N–H and O–H groups in total. The fraction of sp³-hybridized carbons (Fsp3) is 0.273. The van der Waals surface area contributed by atoms with E-state index in [1.54, 1.807) is 18.3 Å². The highest BCUT2D eigenvalue weighted by molar-refractivity contribution is 7.18. The molecule has 0 aliphatic rings. The van der Waals surface area contributed by atoms with Gasteiger partial charge in [-0.15, -0.1) is 11.3 Å². The van der Waals surface area contributed by atoms with Crippen LogP contribution in [0.25, 0.3) is 21.0 Å². The number of aromatic nitrogens is 1. The molecule has 4 heteroatoms. The van der Waals surface area contributed by atoms with Gasteiger partial charge in [-0.3, -0.25) is 4.79 Å². The van der Waals surface area contributed by atoms with Gasteiger partial charge in [0.25, 0.3) is 0 Å². The highest BCUT2D eigenvalue weighted by Gasteiger charge is 2.07. The summed E-state index contributed by atoms with van der Waals surface area (Å²) in [5.41, 5.74) is 4.21. The van der Waals surface area contributed by atoms with Crippen LogP contribution in [0.3, 0.4) is 0 Å². The lowest BCUT2D eigenvalue weighted by atomic mass is 10.1. The first kappa shape index (κ1) is 20.0. The van der Waals surface area contributed by atoms with Gasteiger partial charge in [0.2, 0.25) is 0 Å². The van der Waals surface area contributed by atoms with Gasteiger partial charge in [-0.05, 0) is 33.3 Å². The summed E-state index contributed by atoms with van der Waals surface area (Å²) in [5, 5.41) is 1.01. The zero-order valence-corrected chi connectivity index (χ0v) is 16.6. The fourth-order valence-electron chi connectivity index (χ4n) is 2.31. The molecular formula is C22H25NO2S. The third kappa shape index (κ3) is 5.61. The van der Waals surface area contributed by atoms with Crippen molar-refractivity contribution in [2.45, 2.75) is 27.7 Å². The summed E-state index contributed by atoms with van der Waals surface area (Å²) < 4.78 is 4.83. The molecule has 0 saturated carbocycles. The molecule has 0 aliphatic heterocycles. The summed E-state index contributed by atoms with van der Waals surface area (Å²) in [6, 6.07) is 16.1. The van der Waals surface area contributed by atoms with E-state index in [4.69, 9.17) is 4.74 Å². The van der Waals surface area contributed by atoms with Crippen LogP contribution in [0.5, 0.6) is 0 Å². The Labute approximate surface area is 159 Å².